The van der Waals surface area contributed by atoms with E-state index in [1.54, 1.807) is 0 Å². The van der Waals surface area contributed by atoms with Crippen LogP contribution in [0.1, 0.15) is 17.9 Å². The van der Waals surface area contributed by atoms with Gasteiger partial charge in [0.15, 0.2) is 5.69 Å². The fraction of sp³-hybridized carbons (Fsp3) is 0.667. The van der Waals surface area contributed by atoms with Crippen molar-refractivity contribution in [3.8, 4) is 5.88 Å². The second-order valence-corrected chi connectivity index (χ2v) is 5.13. The Labute approximate surface area is 120 Å². The Morgan fingerprint density at radius 3 is 2.45 bits per heavy atom. The average molecular weight is 310 g/mol. The van der Waals surface area contributed by atoms with Gasteiger partial charge in [0, 0.05) is 31.0 Å². The highest BCUT2D eigenvalue weighted by Crippen LogP contribution is 2.39. The Balaban J connectivity index is 0.00000147. The minimum atomic E-state index is -4.47. The molecule has 3 rings (SSSR count). The second kappa shape index (κ2) is 5.37. The molecular formula is C12H15ClF3N3O. The van der Waals surface area contributed by atoms with Gasteiger partial charge in [-0.1, -0.05) is 0 Å². The number of aryl methyl sites for hydroxylation is 1. The number of hydrogen-bond donors (Lipinski definition) is 1. The van der Waals surface area contributed by atoms with E-state index < -0.39 is 11.9 Å². The molecule has 1 saturated carbocycles. The van der Waals surface area contributed by atoms with E-state index in [1.807, 2.05) is 0 Å². The van der Waals surface area contributed by atoms with Crippen molar-refractivity contribution in [2.24, 2.45) is 11.8 Å². The summed E-state index contributed by atoms with van der Waals surface area (Å²) in [4.78, 5) is 7.34. The van der Waals surface area contributed by atoms with Gasteiger partial charge in [0.2, 0.25) is 5.88 Å². The molecule has 1 unspecified atom stereocenters. The summed E-state index contributed by atoms with van der Waals surface area (Å²) in [6.07, 6.45) is -3.41. The number of aromatic nitrogens is 2. The van der Waals surface area contributed by atoms with Gasteiger partial charge >= 0.3 is 6.18 Å². The molecule has 0 aromatic carbocycles. The predicted molar refractivity (Wildman–Crippen MR) is 67.9 cm³/mol. The van der Waals surface area contributed by atoms with Crippen LogP contribution in [-0.2, 0) is 6.18 Å². The van der Waals surface area contributed by atoms with Crippen molar-refractivity contribution < 1.29 is 17.9 Å². The van der Waals surface area contributed by atoms with Crippen molar-refractivity contribution >= 4 is 12.4 Å². The van der Waals surface area contributed by atoms with Crippen LogP contribution >= 0.6 is 12.4 Å². The van der Waals surface area contributed by atoms with Gasteiger partial charge in [0.25, 0.3) is 0 Å². The van der Waals surface area contributed by atoms with Crippen LogP contribution in [0.4, 0.5) is 13.2 Å². The molecule has 1 N–H and O–H groups in total. The Hall–Kier alpha value is -1.08. The van der Waals surface area contributed by atoms with E-state index in [0.29, 0.717) is 11.8 Å². The molecule has 1 aromatic heterocycles. The first kappa shape index (κ1) is 15.3. The van der Waals surface area contributed by atoms with Gasteiger partial charge in [-0.15, -0.1) is 12.4 Å². The second-order valence-electron chi connectivity index (χ2n) is 5.13. The molecule has 112 valence electrons. The molecule has 1 aliphatic carbocycles. The van der Waals surface area contributed by atoms with Crippen molar-refractivity contribution in [1.29, 1.82) is 0 Å². The number of piperidine rings is 2. The number of nitrogens with one attached hydrogen (secondary N) is 1. The lowest BCUT2D eigenvalue weighted by Gasteiger charge is -2.48. The minimum Gasteiger partial charge on any atom is -0.474 e. The standard InChI is InChI=1S/C12H14F3N3O.ClH/c1-6-17-9(12(13,14)15)3-10(18-6)19-11-7-2-8(11)5-16-4-7;/h3,7-8,11,16H,2,4-5H2,1H3;1H/t7-,8+,11?;. The number of halogens is 4. The summed E-state index contributed by atoms with van der Waals surface area (Å²) in [7, 11) is 0. The molecule has 1 aliphatic heterocycles. The van der Waals surface area contributed by atoms with Crippen LogP contribution in [0.2, 0.25) is 0 Å². The maximum Gasteiger partial charge on any atom is 0.433 e. The molecule has 2 heterocycles. The number of fused-ring (bicyclic) bond motifs is 2. The number of nitrogens with zero attached hydrogens (tertiary/aromatic N) is 2. The van der Waals surface area contributed by atoms with Crippen molar-refractivity contribution in [1.82, 2.24) is 15.3 Å². The number of hydrogen-bond acceptors (Lipinski definition) is 4. The lowest BCUT2D eigenvalue weighted by Crippen LogP contribution is -2.59. The van der Waals surface area contributed by atoms with Gasteiger partial charge in [0.1, 0.15) is 11.9 Å². The topological polar surface area (TPSA) is 47.0 Å². The zero-order valence-electron chi connectivity index (χ0n) is 10.8. The molecule has 0 spiro atoms. The number of alkyl halides is 3. The van der Waals surface area contributed by atoms with E-state index in [2.05, 4.69) is 15.3 Å². The number of ether oxygens (including phenoxy) is 1. The monoisotopic (exact) mass is 309 g/mol. The van der Waals surface area contributed by atoms with E-state index in [1.165, 1.54) is 6.92 Å². The Kier molecular flexibility index (Phi) is 4.11. The van der Waals surface area contributed by atoms with Crippen molar-refractivity contribution in [2.75, 3.05) is 13.1 Å². The fourth-order valence-corrected chi connectivity index (χ4v) is 2.78. The maximum atomic E-state index is 12.7. The molecule has 2 fully saturated rings. The molecule has 8 heteroatoms. The lowest BCUT2D eigenvalue weighted by atomic mass is 9.69. The highest BCUT2D eigenvalue weighted by molar-refractivity contribution is 5.85. The first-order chi connectivity index (χ1) is 8.93. The Morgan fingerprint density at radius 1 is 1.25 bits per heavy atom. The third-order valence-electron chi connectivity index (χ3n) is 3.71. The van der Waals surface area contributed by atoms with Gasteiger partial charge in [0.05, 0.1) is 0 Å². The lowest BCUT2D eigenvalue weighted by molar-refractivity contribution is -0.141. The van der Waals surface area contributed by atoms with Crippen molar-refractivity contribution in [2.45, 2.75) is 25.6 Å². The van der Waals surface area contributed by atoms with E-state index in [9.17, 15) is 13.2 Å². The SMILES string of the molecule is Cc1nc(OC2[C@@H]3CNC[C@H]2C3)cc(C(F)(F)F)n1.Cl. The number of rotatable bonds is 2. The first-order valence-electron chi connectivity index (χ1n) is 6.24. The molecule has 4 nitrogen and oxygen atoms in total. The minimum absolute atomic E-state index is 0. The first-order valence-corrected chi connectivity index (χ1v) is 6.24. The normalized spacial score (nSPS) is 28.3. The zero-order chi connectivity index (χ0) is 13.6. The summed E-state index contributed by atoms with van der Waals surface area (Å²) in [6, 6.07) is 0.883. The van der Waals surface area contributed by atoms with Gasteiger partial charge in [-0.25, -0.2) is 4.98 Å². The van der Waals surface area contributed by atoms with Crippen molar-refractivity contribution in [3.63, 3.8) is 0 Å². The summed E-state index contributed by atoms with van der Waals surface area (Å²) in [5.41, 5.74) is -0.947. The highest BCUT2D eigenvalue weighted by atomic mass is 35.5. The van der Waals surface area contributed by atoms with E-state index in [4.69, 9.17) is 4.74 Å². The largest absolute Gasteiger partial charge is 0.474 e. The molecule has 20 heavy (non-hydrogen) atoms. The Morgan fingerprint density at radius 2 is 1.90 bits per heavy atom. The molecule has 1 saturated heterocycles. The van der Waals surface area contributed by atoms with Crippen LogP contribution in [0, 0.1) is 18.8 Å². The highest BCUT2D eigenvalue weighted by Gasteiger charge is 2.46. The molecule has 2 aliphatic rings. The molecular weight excluding hydrogens is 295 g/mol. The van der Waals surface area contributed by atoms with Crippen LogP contribution < -0.4 is 10.1 Å². The smallest absolute Gasteiger partial charge is 0.433 e. The van der Waals surface area contributed by atoms with Crippen LogP contribution in [0.5, 0.6) is 5.88 Å². The van der Waals surface area contributed by atoms with E-state index in [-0.39, 0.29) is 30.2 Å². The van der Waals surface area contributed by atoms with Gasteiger partial charge in [-0.2, -0.15) is 18.2 Å². The zero-order valence-corrected chi connectivity index (χ0v) is 11.6. The summed E-state index contributed by atoms with van der Waals surface area (Å²) < 4.78 is 43.6. The molecule has 0 amide bonds. The molecule has 1 aromatic rings. The van der Waals surface area contributed by atoms with Crippen LogP contribution in [0.25, 0.3) is 0 Å². The molecule has 3 atom stereocenters. The summed E-state index contributed by atoms with van der Waals surface area (Å²) in [5.74, 6) is 0.862. The maximum absolute atomic E-state index is 12.7. The van der Waals surface area contributed by atoms with E-state index in [0.717, 1.165) is 25.6 Å². The quantitative estimate of drug-likeness (QED) is 0.910. The van der Waals surface area contributed by atoms with Crippen LogP contribution in [0.15, 0.2) is 6.07 Å². The van der Waals surface area contributed by atoms with Gasteiger partial charge in [-0.3, -0.25) is 0 Å². The molecule has 0 radical (unpaired) electrons. The van der Waals surface area contributed by atoms with Gasteiger partial charge in [-0.05, 0) is 13.3 Å². The third kappa shape index (κ3) is 2.83. The van der Waals surface area contributed by atoms with E-state index >= 15 is 0 Å². The van der Waals surface area contributed by atoms with Crippen LogP contribution in [-0.4, -0.2) is 29.2 Å². The summed E-state index contributed by atoms with van der Waals surface area (Å²) in [6.45, 7) is 3.15. The average Bonchev–Trinajstić information content (AvgIpc) is 2.35. The third-order valence-corrected chi connectivity index (χ3v) is 3.71. The predicted octanol–water partition coefficient (Wildman–Crippen LogP) is 2.21. The fourth-order valence-electron chi connectivity index (χ4n) is 2.78. The molecule has 2 bridgehead atoms. The van der Waals surface area contributed by atoms with Crippen molar-refractivity contribution in [3.05, 3.63) is 17.6 Å². The summed E-state index contributed by atoms with van der Waals surface area (Å²) in [5, 5.41) is 3.25. The Bertz CT molecular complexity index is 483. The summed E-state index contributed by atoms with van der Waals surface area (Å²) >= 11 is 0. The van der Waals surface area contributed by atoms with Crippen LogP contribution in [0.3, 0.4) is 0 Å². The van der Waals surface area contributed by atoms with Gasteiger partial charge < -0.3 is 10.1 Å².